The highest BCUT2D eigenvalue weighted by molar-refractivity contribution is 7.89. The predicted molar refractivity (Wildman–Crippen MR) is 128 cm³/mol. The van der Waals surface area contributed by atoms with Crippen LogP contribution >= 0.6 is 0 Å². The van der Waals surface area contributed by atoms with Crippen LogP contribution in [0.1, 0.15) is 65.4 Å². The molecular weight excluding hydrogens is 438 g/mol. The highest BCUT2D eigenvalue weighted by atomic mass is 32.2. The number of hydrogen-bond donors (Lipinski definition) is 1. The van der Waals surface area contributed by atoms with Crippen LogP contribution in [0, 0.1) is 17.8 Å². The molecule has 4 atom stereocenters. The van der Waals surface area contributed by atoms with Crippen molar-refractivity contribution in [3.8, 4) is 0 Å². The van der Waals surface area contributed by atoms with E-state index in [-0.39, 0.29) is 34.7 Å². The van der Waals surface area contributed by atoms with Gasteiger partial charge in [0.2, 0.25) is 21.8 Å². The van der Waals surface area contributed by atoms with E-state index in [0.717, 1.165) is 24.1 Å². The van der Waals surface area contributed by atoms with E-state index in [2.05, 4.69) is 19.2 Å². The van der Waals surface area contributed by atoms with Gasteiger partial charge in [0.15, 0.2) is 0 Å². The van der Waals surface area contributed by atoms with Crippen molar-refractivity contribution in [3.05, 3.63) is 23.8 Å². The lowest BCUT2D eigenvalue weighted by Gasteiger charge is -2.36. The van der Waals surface area contributed by atoms with E-state index in [0.29, 0.717) is 44.2 Å². The Labute approximate surface area is 198 Å². The van der Waals surface area contributed by atoms with Gasteiger partial charge in [-0.25, -0.2) is 8.42 Å². The van der Waals surface area contributed by atoms with Crippen LogP contribution in [-0.2, 0) is 26.0 Å². The molecule has 1 aliphatic carbocycles. The first-order valence-corrected chi connectivity index (χ1v) is 13.8. The molecule has 0 bridgehead atoms. The fourth-order valence-electron chi connectivity index (χ4n) is 5.84. The van der Waals surface area contributed by atoms with Crippen molar-refractivity contribution < 1.29 is 18.0 Å². The fourth-order valence-corrected chi connectivity index (χ4v) is 7.36. The first kappa shape index (κ1) is 24.2. The van der Waals surface area contributed by atoms with Gasteiger partial charge < -0.3 is 10.2 Å². The van der Waals surface area contributed by atoms with E-state index < -0.39 is 10.0 Å². The SMILES string of the molecule is CC(=O)N1c2ccc(S(=O)(=O)N3CCC(C(=O)N[C@@H]4CCC[C@H](C)[C@H]4C)CC3)cc2C[C@@H]1C. The topological polar surface area (TPSA) is 86.8 Å². The van der Waals surface area contributed by atoms with Crippen LogP contribution in [0.3, 0.4) is 0 Å². The third-order valence-electron chi connectivity index (χ3n) is 8.10. The van der Waals surface area contributed by atoms with Gasteiger partial charge in [-0.1, -0.05) is 26.7 Å². The van der Waals surface area contributed by atoms with E-state index in [4.69, 9.17) is 0 Å². The Balaban J connectivity index is 1.39. The van der Waals surface area contributed by atoms with Crippen molar-refractivity contribution in [2.75, 3.05) is 18.0 Å². The van der Waals surface area contributed by atoms with Crippen LogP contribution in [0.15, 0.2) is 23.1 Å². The van der Waals surface area contributed by atoms with Crippen molar-refractivity contribution in [3.63, 3.8) is 0 Å². The number of hydrogen-bond acceptors (Lipinski definition) is 4. The minimum Gasteiger partial charge on any atom is -0.353 e. The molecule has 2 fully saturated rings. The molecule has 0 spiro atoms. The number of carbonyl (C=O) groups is 2. The Morgan fingerprint density at radius 1 is 1.03 bits per heavy atom. The van der Waals surface area contributed by atoms with Crippen molar-refractivity contribution in [1.29, 1.82) is 0 Å². The number of rotatable bonds is 4. The molecule has 1 aromatic carbocycles. The van der Waals surface area contributed by atoms with Gasteiger partial charge in [-0.05, 0) is 68.2 Å². The molecule has 1 aromatic rings. The third kappa shape index (κ3) is 4.69. The minimum absolute atomic E-state index is 0.0274. The van der Waals surface area contributed by atoms with Gasteiger partial charge in [0.05, 0.1) is 4.90 Å². The predicted octanol–water partition coefficient (Wildman–Crippen LogP) is 3.33. The zero-order valence-electron chi connectivity index (χ0n) is 20.2. The molecule has 0 aromatic heterocycles. The molecule has 1 saturated carbocycles. The number of carbonyl (C=O) groups excluding carboxylic acids is 2. The molecule has 2 aliphatic heterocycles. The summed E-state index contributed by atoms with van der Waals surface area (Å²) in [5.74, 6) is 1.01. The van der Waals surface area contributed by atoms with E-state index in [9.17, 15) is 18.0 Å². The second-order valence-corrected chi connectivity index (χ2v) is 12.2. The summed E-state index contributed by atoms with van der Waals surface area (Å²) in [6.45, 7) is 8.68. The lowest BCUT2D eigenvalue weighted by Crippen LogP contribution is -2.48. The van der Waals surface area contributed by atoms with E-state index in [1.807, 2.05) is 6.92 Å². The first-order valence-electron chi connectivity index (χ1n) is 12.3. The zero-order valence-corrected chi connectivity index (χ0v) is 21.0. The molecular formula is C25H37N3O4S. The van der Waals surface area contributed by atoms with Crippen LogP contribution in [0.5, 0.6) is 0 Å². The molecule has 3 aliphatic rings. The van der Waals surface area contributed by atoms with E-state index in [1.165, 1.54) is 17.6 Å². The monoisotopic (exact) mass is 475 g/mol. The Bertz CT molecular complexity index is 1020. The quantitative estimate of drug-likeness (QED) is 0.724. The molecule has 8 heteroatoms. The van der Waals surface area contributed by atoms with Crippen LogP contribution in [0.2, 0.25) is 0 Å². The number of fused-ring (bicyclic) bond motifs is 1. The summed E-state index contributed by atoms with van der Waals surface area (Å²) in [4.78, 5) is 26.8. The summed E-state index contributed by atoms with van der Waals surface area (Å²) in [5, 5.41) is 3.26. The van der Waals surface area contributed by atoms with Gasteiger partial charge in [-0.15, -0.1) is 0 Å². The average molecular weight is 476 g/mol. The van der Waals surface area contributed by atoms with Crippen molar-refractivity contribution in [2.45, 2.75) is 83.2 Å². The molecule has 4 rings (SSSR count). The first-order chi connectivity index (χ1) is 15.6. The Kier molecular flexibility index (Phi) is 6.87. The summed E-state index contributed by atoms with van der Waals surface area (Å²) in [6.07, 6.45) is 5.14. The molecule has 1 N–H and O–H groups in total. The summed E-state index contributed by atoms with van der Waals surface area (Å²) in [6, 6.07) is 5.33. The Morgan fingerprint density at radius 3 is 2.39 bits per heavy atom. The maximum atomic E-state index is 13.3. The Morgan fingerprint density at radius 2 is 1.73 bits per heavy atom. The zero-order chi connectivity index (χ0) is 23.9. The van der Waals surface area contributed by atoms with E-state index in [1.54, 1.807) is 23.1 Å². The molecule has 33 heavy (non-hydrogen) atoms. The van der Waals surface area contributed by atoms with Gasteiger partial charge in [-0.3, -0.25) is 9.59 Å². The molecule has 7 nitrogen and oxygen atoms in total. The largest absolute Gasteiger partial charge is 0.353 e. The smallest absolute Gasteiger partial charge is 0.243 e. The van der Waals surface area contributed by atoms with Gasteiger partial charge in [0.1, 0.15) is 0 Å². The maximum absolute atomic E-state index is 13.3. The summed E-state index contributed by atoms with van der Waals surface area (Å²) < 4.78 is 28.1. The number of nitrogens with one attached hydrogen (secondary N) is 1. The lowest BCUT2D eigenvalue weighted by molar-refractivity contribution is -0.127. The molecule has 1 saturated heterocycles. The molecule has 0 radical (unpaired) electrons. The summed E-state index contributed by atoms with van der Waals surface area (Å²) >= 11 is 0. The van der Waals surface area contributed by atoms with Crippen molar-refractivity contribution in [2.24, 2.45) is 17.8 Å². The normalized spacial score (nSPS) is 29.0. The van der Waals surface area contributed by atoms with Gasteiger partial charge in [-0.2, -0.15) is 4.31 Å². The van der Waals surface area contributed by atoms with Gasteiger partial charge >= 0.3 is 0 Å². The average Bonchev–Trinajstić information content (AvgIpc) is 3.12. The standard InChI is InChI=1S/C25H37N3O4S/c1-16-6-5-7-23(18(16)3)26-25(30)20-10-12-27(13-11-20)33(31,32)22-8-9-24-21(15-22)14-17(2)28(24)19(4)29/h8-9,15-18,20,23H,5-7,10-14H2,1-4H3,(H,26,30)/t16-,17-,18+,23+/m0/s1. The highest BCUT2D eigenvalue weighted by Gasteiger charge is 2.36. The minimum atomic E-state index is -3.63. The van der Waals surface area contributed by atoms with Crippen molar-refractivity contribution in [1.82, 2.24) is 9.62 Å². The number of sulfonamides is 1. The van der Waals surface area contributed by atoms with E-state index >= 15 is 0 Å². The number of benzene rings is 1. The summed E-state index contributed by atoms with van der Waals surface area (Å²) in [5.41, 5.74) is 1.69. The molecule has 2 heterocycles. The fraction of sp³-hybridized carbons (Fsp3) is 0.680. The molecule has 182 valence electrons. The van der Waals surface area contributed by atoms with Gasteiger partial charge in [0, 0.05) is 43.7 Å². The van der Waals surface area contributed by atoms with Crippen LogP contribution in [-0.4, -0.2) is 49.7 Å². The lowest BCUT2D eigenvalue weighted by atomic mass is 9.78. The Hall–Kier alpha value is -1.93. The van der Waals surface area contributed by atoms with Gasteiger partial charge in [0.25, 0.3) is 0 Å². The van der Waals surface area contributed by atoms with Crippen LogP contribution in [0.4, 0.5) is 5.69 Å². The second kappa shape index (κ2) is 9.37. The number of amides is 2. The summed E-state index contributed by atoms with van der Waals surface area (Å²) in [7, 11) is -3.63. The number of anilines is 1. The van der Waals surface area contributed by atoms with Crippen LogP contribution in [0.25, 0.3) is 0 Å². The maximum Gasteiger partial charge on any atom is 0.243 e. The van der Waals surface area contributed by atoms with Crippen molar-refractivity contribution >= 4 is 27.5 Å². The second-order valence-electron chi connectivity index (χ2n) is 10.3. The van der Waals surface area contributed by atoms with Crippen LogP contribution < -0.4 is 10.2 Å². The molecule has 2 amide bonds. The number of nitrogens with zero attached hydrogens (tertiary/aromatic N) is 2. The third-order valence-corrected chi connectivity index (χ3v) is 10.00. The highest BCUT2D eigenvalue weighted by Crippen LogP contribution is 2.35. The molecule has 0 unspecified atom stereocenters. The number of piperidine rings is 1.